The number of rotatable bonds is 7. The average Bonchev–Trinajstić information content (AvgIpc) is 2.69. The summed E-state index contributed by atoms with van der Waals surface area (Å²) in [4.78, 5) is 12.5. The van der Waals surface area contributed by atoms with E-state index < -0.39 is 5.91 Å². The molecule has 0 aliphatic rings. The summed E-state index contributed by atoms with van der Waals surface area (Å²) < 4.78 is 5.84. The molecule has 3 aromatic rings. The van der Waals surface area contributed by atoms with Gasteiger partial charge in [0.1, 0.15) is 11.5 Å². The number of ether oxygens (including phenoxy) is 1. The molecule has 1 amide bonds. The highest BCUT2D eigenvalue weighted by molar-refractivity contribution is 6.31. The van der Waals surface area contributed by atoms with Crippen LogP contribution in [0.25, 0.3) is 0 Å². The number of carbonyl (C=O) groups excluding carboxylic acids is 1. The van der Waals surface area contributed by atoms with Gasteiger partial charge >= 0.3 is 0 Å². The highest BCUT2D eigenvalue weighted by atomic mass is 35.5. The van der Waals surface area contributed by atoms with Gasteiger partial charge in [0, 0.05) is 10.0 Å². The number of benzene rings is 3. The van der Waals surface area contributed by atoms with Gasteiger partial charge in [-0.15, -0.1) is 0 Å². The summed E-state index contributed by atoms with van der Waals surface area (Å²) in [6.45, 7) is 0.488. The fraction of sp³-hybridized carbons (Fsp3) is 0.136. The standard InChI is InChI=1S/C22H19Cl2NO3/c23-16-8-10-20(26)18(13-16)22(27)25-19-14-17(24)9-11-21(19)28-12-4-7-15-5-2-1-3-6-15/h1-3,5-6,8-11,13-14,26H,4,7,12H2,(H,25,27). The Morgan fingerprint density at radius 2 is 1.68 bits per heavy atom. The van der Waals surface area contributed by atoms with Gasteiger partial charge in [-0.05, 0) is 54.8 Å². The van der Waals surface area contributed by atoms with Crippen molar-refractivity contribution in [3.05, 3.63) is 87.9 Å². The number of carbonyl (C=O) groups is 1. The Morgan fingerprint density at radius 1 is 0.964 bits per heavy atom. The fourth-order valence-electron chi connectivity index (χ4n) is 2.71. The minimum atomic E-state index is -0.503. The van der Waals surface area contributed by atoms with Gasteiger partial charge in [-0.2, -0.15) is 0 Å². The zero-order valence-electron chi connectivity index (χ0n) is 15.0. The first-order valence-electron chi connectivity index (χ1n) is 8.79. The first-order chi connectivity index (χ1) is 13.5. The van der Waals surface area contributed by atoms with Crippen LogP contribution in [0.5, 0.6) is 11.5 Å². The van der Waals surface area contributed by atoms with Gasteiger partial charge in [0.2, 0.25) is 0 Å². The number of aromatic hydroxyl groups is 1. The molecule has 0 aliphatic heterocycles. The smallest absolute Gasteiger partial charge is 0.259 e. The third-order valence-electron chi connectivity index (χ3n) is 4.10. The number of halogens is 2. The molecular formula is C22H19Cl2NO3. The van der Waals surface area contributed by atoms with E-state index in [1.165, 1.54) is 23.8 Å². The molecule has 3 rings (SSSR count). The maximum atomic E-state index is 12.5. The number of nitrogens with one attached hydrogen (secondary N) is 1. The topological polar surface area (TPSA) is 58.6 Å². The molecule has 0 heterocycles. The van der Waals surface area contributed by atoms with Crippen molar-refractivity contribution >= 4 is 34.8 Å². The van der Waals surface area contributed by atoms with E-state index in [0.717, 1.165) is 12.8 Å². The number of amides is 1. The molecular weight excluding hydrogens is 397 g/mol. The number of phenols is 1. The summed E-state index contributed by atoms with van der Waals surface area (Å²) in [7, 11) is 0. The molecule has 0 aromatic heterocycles. The third kappa shape index (κ3) is 5.41. The van der Waals surface area contributed by atoms with Crippen LogP contribution in [-0.2, 0) is 6.42 Å². The van der Waals surface area contributed by atoms with Crippen LogP contribution in [0.2, 0.25) is 10.0 Å². The fourth-order valence-corrected chi connectivity index (χ4v) is 3.05. The van der Waals surface area contributed by atoms with E-state index in [2.05, 4.69) is 17.4 Å². The van der Waals surface area contributed by atoms with E-state index in [-0.39, 0.29) is 11.3 Å². The molecule has 28 heavy (non-hydrogen) atoms. The van der Waals surface area contributed by atoms with Crippen molar-refractivity contribution in [2.24, 2.45) is 0 Å². The van der Waals surface area contributed by atoms with E-state index in [4.69, 9.17) is 27.9 Å². The van der Waals surface area contributed by atoms with Crippen LogP contribution >= 0.6 is 23.2 Å². The second-order valence-corrected chi connectivity index (χ2v) is 7.07. The maximum Gasteiger partial charge on any atom is 0.259 e. The first-order valence-corrected chi connectivity index (χ1v) is 9.54. The molecule has 0 radical (unpaired) electrons. The highest BCUT2D eigenvalue weighted by Crippen LogP contribution is 2.30. The Bertz CT molecular complexity index is 961. The Morgan fingerprint density at radius 3 is 2.46 bits per heavy atom. The van der Waals surface area contributed by atoms with Crippen LogP contribution in [-0.4, -0.2) is 17.6 Å². The monoisotopic (exact) mass is 415 g/mol. The molecule has 0 saturated heterocycles. The predicted octanol–water partition coefficient (Wildman–Crippen LogP) is 5.96. The molecule has 0 aliphatic carbocycles. The predicted molar refractivity (Wildman–Crippen MR) is 113 cm³/mol. The van der Waals surface area contributed by atoms with Crippen LogP contribution in [0.4, 0.5) is 5.69 Å². The van der Waals surface area contributed by atoms with Crippen molar-refractivity contribution in [3.63, 3.8) is 0 Å². The van der Waals surface area contributed by atoms with Gasteiger partial charge in [0.15, 0.2) is 0 Å². The summed E-state index contributed by atoms with van der Waals surface area (Å²) in [5.74, 6) is -0.155. The molecule has 0 atom stereocenters. The summed E-state index contributed by atoms with van der Waals surface area (Å²) in [6.07, 6.45) is 1.72. The SMILES string of the molecule is O=C(Nc1cc(Cl)ccc1OCCCc1ccccc1)c1cc(Cl)ccc1O. The van der Waals surface area contributed by atoms with E-state index >= 15 is 0 Å². The first kappa shape index (κ1) is 20.1. The van der Waals surface area contributed by atoms with Gasteiger partial charge in [-0.25, -0.2) is 0 Å². The van der Waals surface area contributed by atoms with Crippen LogP contribution in [0.1, 0.15) is 22.3 Å². The summed E-state index contributed by atoms with van der Waals surface area (Å²) in [5, 5.41) is 13.5. The summed E-state index contributed by atoms with van der Waals surface area (Å²) in [5.41, 5.74) is 1.74. The zero-order chi connectivity index (χ0) is 19.9. The quantitative estimate of drug-likeness (QED) is 0.467. The molecule has 2 N–H and O–H groups in total. The molecule has 6 heteroatoms. The van der Waals surface area contributed by atoms with Gasteiger partial charge in [0.05, 0.1) is 17.9 Å². The largest absolute Gasteiger partial charge is 0.507 e. The Balaban J connectivity index is 1.66. The van der Waals surface area contributed by atoms with Crippen molar-refractivity contribution < 1.29 is 14.6 Å². The molecule has 3 aromatic carbocycles. The Labute approximate surface area is 173 Å². The summed E-state index contributed by atoms with van der Waals surface area (Å²) >= 11 is 12.0. The highest BCUT2D eigenvalue weighted by Gasteiger charge is 2.15. The minimum Gasteiger partial charge on any atom is -0.507 e. The maximum absolute atomic E-state index is 12.5. The van der Waals surface area contributed by atoms with Gasteiger partial charge in [-0.1, -0.05) is 53.5 Å². The second-order valence-electron chi connectivity index (χ2n) is 6.19. The average molecular weight is 416 g/mol. The molecule has 4 nitrogen and oxygen atoms in total. The third-order valence-corrected chi connectivity index (χ3v) is 4.57. The minimum absolute atomic E-state index is 0.0718. The lowest BCUT2D eigenvalue weighted by molar-refractivity contribution is 0.102. The van der Waals surface area contributed by atoms with Crippen LogP contribution in [0.3, 0.4) is 0 Å². The number of phenolic OH excluding ortho intramolecular Hbond substituents is 1. The molecule has 0 saturated carbocycles. The molecule has 0 spiro atoms. The van der Waals surface area contributed by atoms with Gasteiger partial charge < -0.3 is 15.2 Å². The van der Waals surface area contributed by atoms with E-state index in [9.17, 15) is 9.90 Å². The van der Waals surface area contributed by atoms with Crippen molar-refractivity contribution in [3.8, 4) is 11.5 Å². The zero-order valence-corrected chi connectivity index (χ0v) is 16.5. The lowest BCUT2D eigenvalue weighted by atomic mass is 10.1. The van der Waals surface area contributed by atoms with E-state index in [1.807, 2.05) is 18.2 Å². The normalized spacial score (nSPS) is 10.5. The van der Waals surface area contributed by atoms with E-state index in [0.29, 0.717) is 28.1 Å². The second kappa shape index (κ2) is 9.49. The van der Waals surface area contributed by atoms with Gasteiger partial charge in [-0.3, -0.25) is 4.79 Å². The molecule has 0 bridgehead atoms. The van der Waals surface area contributed by atoms with Crippen LogP contribution < -0.4 is 10.1 Å². The van der Waals surface area contributed by atoms with Crippen molar-refractivity contribution in [2.45, 2.75) is 12.8 Å². The number of hydrogen-bond donors (Lipinski definition) is 2. The number of hydrogen-bond acceptors (Lipinski definition) is 3. The number of aryl methyl sites for hydroxylation is 1. The molecule has 0 unspecified atom stereocenters. The van der Waals surface area contributed by atoms with Crippen LogP contribution in [0, 0.1) is 0 Å². The lowest BCUT2D eigenvalue weighted by Crippen LogP contribution is -2.13. The summed E-state index contributed by atoms with van der Waals surface area (Å²) in [6, 6.07) is 19.4. The van der Waals surface area contributed by atoms with Crippen molar-refractivity contribution in [2.75, 3.05) is 11.9 Å². The van der Waals surface area contributed by atoms with Gasteiger partial charge in [0.25, 0.3) is 5.91 Å². The Hall–Kier alpha value is -2.69. The van der Waals surface area contributed by atoms with Crippen molar-refractivity contribution in [1.82, 2.24) is 0 Å². The van der Waals surface area contributed by atoms with Crippen LogP contribution in [0.15, 0.2) is 66.7 Å². The van der Waals surface area contributed by atoms with Crippen molar-refractivity contribution in [1.29, 1.82) is 0 Å². The van der Waals surface area contributed by atoms with E-state index in [1.54, 1.807) is 18.2 Å². The number of anilines is 1. The Kier molecular flexibility index (Phi) is 6.80. The lowest BCUT2D eigenvalue weighted by Gasteiger charge is -2.14. The molecule has 0 fully saturated rings. The molecule has 144 valence electrons.